The Hall–Kier alpha value is -2.40. The van der Waals surface area contributed by atoms with Crippen molar-refractivity contribution in [2.24, 2.45) is 0 Å². The van der Waals surface area contributed by atoms with Gasteiger partial charge in [0.15, 0.2) is 6.29 Å². The lowest BCUT2D eigenvalue weighted by atomic mass is 9.87. The molecular weight excluding hydrogens is 486 g/mol. The number of carbonyl (C=O) groups is 4. The van der Waals surface area contributed by atoms with Gasteiger partial charge in [0.05, 0.1) is 30.4 Å². The van der Waals surface area contributed by atoms with E-state index in [-0.39, 0.29) is 0 Å². The maximum Gasteiger partial charge on any atom is 0.364 e. The number of carbonyl (C=O) groups excluding carboxylic acids is 3. The normalized spacial score (nSPS) is 38.4. The van der Waals surface area contributed by atoms with Gasteiger partial charge in [-0.05, 0) is 13.8 Å². The van der Waals surface area contributed by atoms with Crippen molar-refractivity contribution in [3.05, 3.63) is 0 Å². The number of amides is 3. The third kappa shape index (κ3) is 6.67. The molecule has 2 aliphatic rings. The minimum Gasteiger partial charge on any atom is -0.477 e. The first kappa shape index (κ1) is 29.8. The number of aliphatic hydroxyl groups is 4. The molecule has 0 radical (unpaired) electrons. The van der Waals surface area contributed by atoms with Crippen LogP contribution in [0.25, 0.3) is 0 Å². The summed E-state index contributed by atoms with van der Waals surface area (Å²) in [6, 6.07) is -4.02. The number of aliphatic hydroxyl groups excluding tert-OH is 4. The molecule has 11 atom stereocenters. The number of aliphatic carboxylic acids is 1. The molecule has 206 valence electrons. The second kappa shape index (κ2) is 11.8. The van der Waals surface area contributed by atoms with E-state index in [2.05, 4.69) is 16.0 Å². The van der Waals surface area contributed by atoms with E-state index in [9.17, 15) is 44.7 Å². The standard InChI is InChI=1S/C21H35N3O12/c1-7(25)13(22-9(3)26)17-14(23-10(4)27)12(29)6-21(35-17,20(32)33)36-18-15(24-11(5)28)19(31)34-8(2)16(18)30/h7-8,12-19,25,29-31H,6H2,1-5H3,(H,22,26)(H,23,27)(H,24,28)(H,32,33)/t7-,8-,12-,13-,14-,15-,16+,17-,18-,19?,21-/m0/s1. The maximum absolute atomic E-state index is 12.5. The highest BCUT2D eigenvalue weighted by atomic mass is 16.7. The van der Waals surface area contributed by atoms with Crippen LogP contribution < -0.4 is 16.0 Å². The molecule has 15 heteroatoms. The molecule has 1 unspecified atom stereocenters. The van der Waals surface area contributed by atoms with Crippen molar-refractivity contribution in [2.45, 2.75) is 108 Å². The van der Waals surface area contributed by atoms with Gasteiger partial charge in [0.1, 0.15) is 24.4 Å². The van der Waals surface area contributed by atoms with E-state index in [0.29, 0.717) is 0 Å². The van der Waals surface area contributed by atoms with Crippen LogP contribution in [-0.2, 0) is 33.4 Å². The van der Waals surface area contributed by atoms with Crippen molar-refractivity contribution in [2.75, 3.05) is 0 Å². The number of rotatable bonds is 8. The van der Waals surface area contributed by atoms with E-state index in [1.54, 1.807) is 0 Å². The molecule has 2 saturated heterocycles. The molecule has 36 heavy (non-hydrogen) atoms. The molecular formula is C21H35N3O12. The molecule has 0 aliphatic carbocycles. The Labute approximate surface area is 207 Å². The number of carboxylic acid groups (broad SMARTS) is 1. The molecule has 2 rings (SSSR count). The Balaban J connectivity index is 2.55. The third-order valence-electron chi connectivity index (χ3n) is 6.04. The minimum absolute atomic E-state index is 0.605. The summed E-state index contributed by atoms with van der Waals surface area (Å²) < 4.78 is 16.7. The Bertz CT molecular complexity index is 823. The van der Waals surface area contributed by atoms with Gasteiger partial charge in [-0.1, -0.05) is 0 Å². The van der Waals surface area contributed by atoms with Crippen molar-refractivity contribution in [1.29, 1.82) is 0 Å². The second-order valence-corrected chi connectivity index (χ2v) is 9.14. The van der Waals surface area contributed by atoms with E-state index in [1.807, 2.05) is 0 Å². The number of nitrogens with one attached hydrogen (secondary N) is 3. The largest absolute Gasteiger partial charge is 0.477 e. The predicted octanol–water partition coefficient (Wildman–Crippen LogP) is -3.70. The van der Waals surface area contributed by atoms with E-state index < -0.39 is 96.9 Å². The summed E-state index contributed by atoms with van der Waals surface area (Å²) in [4.78, 5) is 47.8. The fraction of sp³-hybridized carbons (Fsp3) is 0.810. The Morgan fingerprint density at radius 3 is 2.03 bits per heavy atom. The lowest BCUT2D eigenvalue weighted by Gasteiger charge is -2.50. The van der Waals surface area contributed by atoms with Gasteiger partial charge in [0.2, 0.25) is 17.7 Å². The predicted molar refractivity (Wildman–Crippen MR) is 118 cm³/mol. The first-order valence-electron chi connectivity index (χ1n) is 11.4. The topological polar surface area (TPSA) is 233 Å². The van der Waals surface area contributed by atoms with Crippen LogP contribution >= 0.6 is 0 Å². The number of hydrogen-bond donors (Lipinski definition) is 8. The SMILES string of the molecule is CC(=O)N[C@H]([C@@H]1O[C@@](O[C@@H]2[C@H](O)[C@H](C)OC(O)[C@H]2NC(C)=O)(C(=O)O)C[C@H](O)[C@@H]1NC(C)=O)[C@H](C)O. The zero-order valence-corrected chi connectivity index (χ0v) is 20.6. The van der Waals surface area contributed by atoms with E-state index >= 15 is 0 Å². The van der Waals surface area contributed by atoms with Crippen LogP contribution in [0.4, 0.5) is 0 Å². The van der Waals surface area contributed by atoms with Gasteiger partial charge in [-0.3, -0.25) is 14.4 Å². The molecule has 0 aromatic rings. The van der Waals surface area contributed by atoms with Crippen molar-refractivity contribution < 1.29 is 58.9 Å². The van der Waals surface area contributed by atoms with Gasteiger partial charge in [-0.2, -0.15) is 0 Å². The van der Waals surface area contributed by atoms with Crippen LogP contribution in [0.1, 0.15) is 41.0 Å². The van der Waals surface area contributed by atoms with Crippen LogP contribution in [0.3, 0.4) is 0 Å². The molecule has 0 bridgehead atoms. The van der Waals surface area contributed by atoms with Gasteiger partial charge < -0.3 is 55.7 Å². The highest BCUT2D eigenvalue weighted by Crippen LogP contribution is 2.37. The van der Waals surface area contributed by atoms with E-state index in [1.165, 1.54) is 13.8 Å². The average molecular weight is 522 g/mol. The summed E-state index contributed by atoms with van der Waals surface area (Å²) in [5.41, 5.74) is 0. The number of ether oxygens (including phenoxy) is 3. The van der Waals surface area contributed by atoms with Gasteiger partial charge >= 0.3 is 5.97 Å². The molecule has 2 fully saturated rings. The van der Waals surface area contributed by atoms with Crippen LogP contribution in [0.15, 0.2) is 0 Å². The third-order valence-corrected chi connectivity index (χ3v) is 6.04. The summed E-state index contributed by atoms with van der Waals surface area (Å²) >= 11 is 0. The highest BCUT2D eigenvalue weighted by molar-refractivity contribution is 5.77. The van der Waals surface area contributed by atoms with Gasteiger partial charge in [0.25, 0.3) is 5.79 Å². The number of carboxylic acids is 1. The van der Waals surface area contributed by atoms with Gasteiger partial charge in [-0.25, -0.2) is 4.79 Å². The lowest BCUT2D eigenvalue weighted by molar-refractivity contribution is -0.345. The Kier molecular flexibility index (Phi) is 9.75. The van der Waals surface area contributed by atoms with Gasteiger partial charge in [-0.15, -0.1) is 0 Å². The van der Waals surface area contributed by atoms with Crippen molar-refractivity contribution in [1.82, 2.24) is 16.0 Å². The summed E-state index contributed by atoms with van der Waals surface area (Å²) in [6.07, 6.45) is -11.2. The van der Waals surface area contributed by atoms with Crippen LogP contribution in [0, 0.1) is 0 Å². The second-order valence-electron chi connectivity index (χ2n) is 9.14. The minimum atomic E-state index is -2.70. The van der Waals surface area contributed by atoms with Crippen molar-refractivity contribution in [3.63, 3.8) is 0 Å². The molecule has 2 heterocycles. The first-order chi connectivity index (χ1) is 16.6. The monoisotopic (exact) mass is 521 g/mol. The molecule has 0 spiro atoms. The molecule has 0 aromatic carbocycles. The fourth-order valence-corrected chi connectivity index (χ4v) is 4.43. The quantitative estimate of drug-likeness (QED) is 0.154. The molecule has 8 N–H and O–H groups in total. The smallest absolute Gasteiger partial charge is 0.364 e. The average Bonchev–Trinajstić information content (AvgIpc) is 2.73. The van der Waals surface area contributed by atoms with Crippen molar-refractivity contribution >= 4 is 23.7 Å². The Morgan fingerprint density at radius 1 is 1.00 bits per heavy atom. The van der Waals surface area contributed by atoms with E-state index in [4.69, 9.17) is 14.2 Å². The van der Waals surface area contributed by atoms with Crippen molar-refractivity contribution in [3.8, 4) is 0 Å². The number of hydrogen-bond acceptors (Lipinski definition) is 11. The van der Waals surface area contributed by atoms with Crippen LogP contribution in [-0.4, -0.2) is 116 Å². The highest BCUT2D eigenvalue weighted by Gasteiger charge is 2.59. The summed E-state index contributed by atoms with van der Waals surface area (Å²) in [7, 11) is 0. The molecule has 2 aliphatic heterocycles. The first-order valence-corrected chi connectivity index (χ1v) is 11.4. The zero-order chi connectivity index (χ0) is 27.5. The van der Waals surface area contributed by atoms with Gasteiger partial charge in [0, 0.05) is 27.2 Å². The summed E-state index contributed by atoms with van der Waals surface area (Å²) in [6.45, 7) is 6.08. The maximum atomic E-state index is 12.5. The lowest BCUT2D eigenvalue weighted by Crippen LogP contribution is -2.72. The summed E-state index contributed by atoms with van der Waals surface area (Å²) in [5, 5.41) is 59.6. The molecule has 3 amide bonds. The Morgan fingerprint density at radius 2 is 1.56 bits per heavy atom. The van der Waals surface area contributed by atoms with E-state index in [0.717, 1.165) is 20.8 Å². The van der Waals surface area contributed by atoms with Crippen LogP contribution in [0.5, 0.6) is 0 Å². The summed E-state index contributed by atoms with van der Waals surface area (Å²) in [5.74, 6) is -6.32. The zero-order valence-electron chi connectivity index (χ0n) is 20.6. The molecule has 15 nitrogen and oxygen atoms in total. The molecule has 0 saturated carbocycles. The molecule has 0 aromatic heterocycles. The van der Waals surface area contributed by atoms with Crippen LogP contribution in [0.2, 0.25) is 0 Å². The fourth-order valence-electron chi connectivity index (χ4n) is 4.43.